The Kier molecular flexibility index (Phi) is 8.26. The summed E-state index contributed by atoms with van der Waals surface area (Å²) in [7, 11) is 0. The molecule has 0 saturated heterocycles. The van der Waals surface area contributed by atoms with Gasteiger partial charge in [-0.1, -0.05) is 72.3 Å². The van der Waals surface area contributed by atoms with Gasteiger partial charge in [0.25, 0.3) is 5.91 Å². The molecule has 1 N–H and O–H groups in total. The number of benzene rings is 4. The molecule has 0 radical (unpaired) electrons. The number of carbonyl (C=O) groups is 2. The molecule has 1 atom stereocenters. The molecule has 5 aromatic rings. The lowest BCUT2D eigenvalue weighted by Crippen LogP contribution is -2.45. The summed E-state index contributed by atoms with van der Waals surface area (Å²) in [6.45, 7) is 2.62. The van der Waals surface area contributed by atoms with Gasteiger partial charge >= 0.3 is 0 Å². The van der Waals surface area contributed by atoms with Crippen molar-refractivity contribution in [3.05, 3.63) is 120 Å². The van der Waals surface area contributed by atoms with Gasteiger partial charge in [0, 0.05) is 23.9 Å². The Labute approximate surface area is 253 Å². The van der Waals surface area contributed by atoms with Gasteiger partial charge in [0.05, 0.1) is 0 Å². The first-order chi connectivity index (χ1) is 21.4. The highest BCUT2D eigenvalue weighted by atomic mass is 19.1. The number of hydrogen-bond acceptors (Lipinski definition) is 7. The maximum Gasteiger partial charge on any atom is 0.251 e. The van der Waals surface area contributed by atoms with Gasteiger partial charge in [-0.05, 0) is 47.5 Å². The van der Waals surface area contributed by atoms with Crippen LogP contribution in [0.2, 0.25) is 0 Å². The molecular formula is C33H29FN6O4. The number of nitrogens with one attached hydrogen (secondary N) is 1. The van der Waals surface area contributed by atoms with Gasteiger partial charge in [-0.25, -0.2) is 4.39 Å². The van der Waals surface area contributed by atoms with Gasteiger partial charge < -0.3 is 14.8 Å². The summed E-state index contributed by atoms with van der Waals surface area (Å²) >= 11 is 0. The number of aromatic nitrogens is 4. The Bertz CT molecular complexity index is 1760. The first-order valence-corrected chi connectivity index (χ1v) is 14.1. The Morgan fingerprint density at radius 1 is 0.932 bits per heavy atom. The third-order valence-corrected chi connectivity index (χ3v) is 7.11. The van der Waals surface area contributed by atoms with E-state index in [9.17, 15) is 14.0 Å². The van der Waals surface area contributed by atoms with Crippen LogP contribution in [0, 0.1) is 12.7 Å². The summed E-state index contributed by atoms with van der Waals surface area (Å²) in [6.07, 6.45) is 0. The summed E-state index contributed by atoms with van der Waals surface area (Å²) in [5.41, 5.74) is 3.51. The minimum Gasteiger partial charge on any atom is -0.486 e. The lowest BCUT2D eigenvalue weighted by atomic mass is 10.0. The number of nitrogens with zero attached hydrogens (tertiary/aromatic N) is 5. The van der Waals surface area contributed by atoms with Crippen LogP contribution in [0.5, 0.6) is 11.5 Å². The average Bonchev–Trinajstić information content (AvgIpc) is 3.52. The fraction of sp³-hybridized carbons (Fsp3) is 0.182. The number of fused-ring (bicyclic) bond motifs is 1. The maximum atomic E-state index is 14.2. The minimum absolute atomic E-state index is 0.227. The van der Waals surface area contributed by atoms with Crippen molar-refractivity contribution >= 4 is 17.5 Å². The van der Waals surface area contributed by atoms with Crippen LogP contribution in [-0.4, -0.2) is 45.2 Å². The predicted octanol–water partition coefficient (Wildman–Crippen LogP) is 4.65. The van der Waals surface area contributed by atoms with E-state index in [1.165, 1.54) is 34.0 Å². The predicted molar refractivity (Wildman–Crippen MR) is 160 cm³/mol. The fourth-order valence-electron chi connectivity index (χ4n) is 4.89. The average molecular weight is 593 g/mol. The van der Waals surface area contributed by atoms with E-state index in [-0.39, 0.29) is 13.1 Å². The lowest BCUT2D eigenvalue weighted by Gasteiger charge is -2.32. The Morgan fingerprint density at radius 2 is 1.66 bits per heavy atom. The highest BCUT2D eigenvalue weighted by molar-refractivity contribution is 6.01. The zero-order valence-corrected chi connectivity index (χ0v) is 23.9. The van der Waals surface area contributed by atoms with E-state index in [0.717, 1.165) is 16.7 Å². The molecule has 2 heterocycles. The largest absolute Gasteiger partial charge is 0.486 e. The van der Waals surface area contributed by atoms with E-state index in [4.69, 9.17) is 9.47 Å². The zero-order chi connectivity index (χ0) is 30.5. The van der Waals surface area contributed by atoms with Crippen LogP contribution in [0.25, 0.3) is 11.4 Å². The Morgan fingerprint density at radius 3 is 2.41 bits per heavy atom. The van der Waals surface area contributed by atoms with Crippen molar-refractivity contribution in [2.24, 2.45) is 0 Å². The van der Waals surface area contributed by atoms with Crippen LogP contribution in [0.1, 0.15) is 22.7 Å². The molecule has 0 aliphatic carbocycles. The lowest BCUT2D eigenvalue weighted by molar-refractivity contribution is -0.127. The molecule has 11 heteroatoms. The van der Waals surface area contributed by atoms with Crippen LogP contribution in [0.3, 0.4) is 0 Å². The van der Waals surface area contributed by atoms with Crippen molar-refractivity contribution in [3.8, 4) is 22.9 Å². The molecule has 222 valence electrons. The van der Waals surface area contributed by atoms with Crippen LogP contribution in [0.15, 0.2) is 97.1 Å². The van der Waals surface area contributed by atoms with Gasteiger partial charge in [-0.2, -0.15) is 4.80 Å². The topological polar surface area (TPSA) is 111 Å². The molecule has 2 amide bonds. The van der Waals surface area contributed by atoms with Crippen molar-refractivity contribution < 1.29 is 23.5 Å². The second-order valence-corrected chi connectivity index (χ2v) is 10.3. The van der Waals surface area contributed by atoms with Gasteiger partial charge in [0.15, 0.2) is 11.5 Å². The Hall–Kier alpha value is -5.58. The van der Waals surface area contributed by atoms with Gasteiger partial charge in [0.2, 0.25) is 11.7 Å². The SMILES string of the molecule is Cc1ccc(-c2nnn(CC(=O)N(c3ccc4c(c3)OCCO4)[C@H](C(=O)NCc3ccccc3)c3ccc(F)cc3)n2)cc1. The van der Waals surface area contributed by atoms with Crippen LogP contribution in [0.4, 0.5) is 10.1 Å². The van der Waals surface area contributed by atoms with Crippen LogP contribution in [-0.2, 0) is 22.7 Å². The van der Waals surface area contributed by atoms with Gasteiger partial charge in [-0.3, -0.25) is 14.5 Å². The smallest absolute Gasteiger partial charge is 0.251 e. The van der Waals surface area contributed by atoms with E-state index in [1.54, 1.807) is 18.2 Å². The molecular weight excluding hydrogens is 563 g/mol. The molecule has 0 spiro atoms. The van der Waals surface area contributed by atoms with E-state index in [0.29, 0.717) is 41.8 Å². The van der Waals surface area contributed by atoms with Crippen molar-refractivity contribution in [1.29, 1.82) is 0 Å². The number of anilines is 1. The van der Waals surface area contributed by atoms with Crippen molar-refractivity contribution in [3.63, 3.8) is 0 Å². The van der Waals surface area contributed by atoms with Crippen LogP contribution < -0.4 is 19.7 Å². The summed E-state index contributed by atoms with van der Waals surface area (Å²) in [4.78, 5) is 30.7. The summed E-state index contributed by atoms with van der Waals surface area (Å²) < 4.78 is 25.5. The number of aryl methyl sites for hydroxylation is 1. The van der Waals surface area contributed by atoms with E-state index < -0.39 is 23.7 Å². The number of rotatable bonds is 9. The summed E-state index contributed by atoms with van der Waals surface area (Å²) in [5, 5.41) is 15.6. The van der Waals surface area contributed by atoms with Crippen molar-refractivity contribution in [1.82, 2.24) is 25.5 Å². The third-order valence-electron chi connectivity index (χ3n) is 7.11. The maximum absolute atomic E-state index is 14.2. The molecule has 0 bridgehead atoms. The van der Waals surface area contributed by atoms with Gasteiger partial charge in [0.1, 0.15) is 31.6 Å². The standard InChI is InChI=1S/C33H29FN6O4/c1-22-7-9-25(10-8-22)32-36-38-39(37-32)21-30(41)40(27-15-16-28-29(19-27)44-18-17-43-28)31(24-11-13-26(34)14-12-24)33(42)35-20-23-5-3-2-4-6-23/h2-16,19,31H,17-18,20-21H2,1H3,(H,35,42)/t31-/m0/s1. The molecule has 1 aliphatic heterocycles. The number of carbonyl (C=O) groups excluding carboxylic acids is 2. The highest BCUT2D eigenvalue weighted by Gasteiger charge is 2.34. The minimum atomic E-state index is -1.17. The monoisotopic (exact) mass is 592 g/mol. The fourth-order valence-corrected chi connectivity index (χ4v) is 4.89. The molecule has 10 nitrogen and oxygen atoms in total. The second kappa shape index (κ2) is 12.7. The molecule has 1 aliphatic rings. The second-order valence-electron chi connectivity index (χ2n) is 10.3. The zero-order valence-electron chi connectivity index (χ0n) is 23.9. The van der Waals surface area contributed by atoms with Crippen LogP contribution >= 0.6 is 0 Å². The Balaban J connectivity index is 1.37. The quantitative estimate of drug-likeness (QED) is 0.265. The highest BCUT2D eigenvalue weighted by Crippen LogP contribution is 2.37. The number of ether oxygens (including phenoxy) is 2. The summed E-state index contributed by atoms with van der Waals surface area (Å²) in [6, 6.07) is 26.4. The molecule has 4 aromatic carbocycles. The normalized spacial score (nSPS) is 12.8. The van der Waals surface area contributed by atoms with E-state index in [2.05, 4.69) is 20.7 Å². The molecule has 0 saturated carbocycles. The molecule has 6 rings (SSSR count). The number of halogens is 1. The first-order valence-electron chi connectivity index (χ1n) is 14.1. The first kappa shape index (κ1) is 28.5. The molecule has 44 heavy (non-hydrogen) atoms. The number of tetrazole rings is 1. The number of hydrogen-bond donors (Lipinski definition) is 1. The number of amides is 2. The van der Waals surface area contributed by atoms with E-state index in [1.807, 2.05) is 61.5 Å². The van der Waals surface area contributed by atoms with Gasteiger partial charge in [-0.15, -0.1) is 10.2 Å². The molecule has 1 aromatic heterocycles. The van der Waals surface area contributed by atoms with Crippen molar-refractivity contribution in [2.75, 3.05) is 18.1 Å². The molecule has 0 unspecified atom stereocenters. The third kappa shape index (κ3) is 6.41. The molecule has 0 fully saturated rings. The summed E-state index contributed by atoms with van der Waals surface area (Å²) in [5.74, 6) is -0.104. The van der Waals surface area contributed by atoms with E-state index >= 15 is 0 Å². The van der Waals surface area contributed by atoms with Crippen molar-refractivity contribution in [2.45, 2.75) is 26.1 Å².